The zero-order valence-corrected chi connectivity index (χ0v) is 13.2. The van der Waals surface area contributed by atoms with Gasteiger partial charge in [0.15, 0.2) is 0 Å². The second-order valence-electron chi connectivity index (χ2n) is 6.44. The maximum Gasteiger partial charge on any atom is 0.119 e. The van der Waals surface area contributed by atoms with Gasteiger partial charge in [-0.1, -0.05) is 31.4 Å². The highest BCUT2D eigenvalue weighted by atomic mass is 16.5. The first-order valence-electron chi connectivity index (χ1n) is 8.26. The zero-order chi connectivity index (χ0) is 14.7. The van der Waals surface area contributed by atoms with Crippen LogP contribution >= 0.6 is 0 Å². The summed E-state index contributed by atoms with van der Waals surface area (Å²) in [5.41, 5.74) is 1.23. The molecule has 3 rings (SSSR count). The summed E-state index contributed by atoms with van der Waals surface area (Å²) in [6.07, 6.45) is 8.98. The molecule has 0 saturated heterocycles. The van der Waals surface area contributed by atoms with Gasteiger partial charge in [0.2, 0.25) is 0 Å². The summed E-state index contributed by atoms with van der Waals surface area (Å²) in [4.78, 5) is 0. The van der Waals surface area contributed by atoms with Gasteiger partial charge in [-0.25, -0.2) is 0 Å². The molecule has 2 fully saturated rings. The van der Waals surface area contributed by atoms with Crippen molar-refractivity contribution in [3.8, 4) is 5.75 Å². The zero-order valence-electron chi connectivity index (χ0n) is 13.2. The molecule has 1 N–H and O–H groups in total. The van der Waals surface area contributed by atoms with Gasteiger partial charge in [0.25, 0.3) is 0 Å². The number of rotatable bonds is 6. The Hall–Kier alpha value is -1.06. The molecule has 2 aliphatic carbocycles. The van der Waals surface area contributed by atoms with Crippen molar-refractivity contribution in [2.24, 2.45) is 0 Å². The van der Waals surface area contributed by atoms with Gasteiger partial charge in [-0.3, -0.25) is 0 Å². The monoisotopic (exact) mass is 289 g/mol. The third-order valence-corrected chi connectivity index (χ3v) is 4.96. The Labute approximate surface area is 128 Å². The summed E-state index contributed by atoms with van der Waals surface area (Å²) < 4.78 is 11.8. The quantitative estimate of drug-likeness (QED) is 0.863. The van der Waals surface area contributed by atoms with Crippen LogP contribution < -0.4 is 10.1 Å². The second kappa shape index (κ2) is 6.37. The molecule has 1 atom stereocenters. The Bertz CT molecular complexity index is 447. The Morgan fingerprint density at radius 2 is 1.76 bits per heavy atom. The van der Waals surface area contributed by atoms with E-state index >= 15 is 0 Å². The summed E-state index contributed by atoms with van der Waals surface area (Å²) in [7, 11) is 3.90. The fraction of sp³-hybridized carbons (Fsp3) is 0.667. The lowest BCUT2D eigenvalue weighted by atomic mass is 9.76. The molecule has 0 radical (unpaired) electrons. The lowest BCUT2D eigenvalue weighted by molar-refractivity contribution is -0.0671. The molecular formula is C18H27NO2. The van der Waals surface area contributed by atoms with Crippen LogP contribution in [0.5, 0.6) is 5.75 Å². The van der Waals surface area contributed by atoms with Gasteiger partial charge >= 0.3 is 0 Å². The molecule has 21 heavy (non-hydrogen) atoms. The van der Waals surface area contributed by atoms with E-state index in [2.05, 4.69) is 29.6 Å². The first-order valence-corrected chi connectivity index (χ1v) is 8.26. The number of likely N-dealkylation sites (N-methyl/N-ethyl adjacent to an activating group) is 1. The second-order valence-corrected chi connectivity index (χ2v) is 6.44. The van der Waals surface area contributed by atoms with Crippen molar-refractivity contribution in [3.05, 3.63) is 29.8 Å². The summed E-state index contributed by atoms with van der Waals surface area (Å²) in [5, 5.41) is 3.49. The maximum absolute atomic E-state index is 6.00. The van der Waals surface area contributed by atoms with Gasteiger partial charge in [-0.05, 0) is 50.4 Å². The van der Waals surface area contributed by atoms with Crippen LogP contribution in [0.25, 0.3) is 0 Å². The van der Waals surface area contributed by atoms with Crippen LogP contribution in [0.4, 0.5) is 0 Å². The molecule has 0 heterocycles. The highest BCUT2D eigenvalue weighted by molar-refractivity contribution is 5.31. The predicted octanol–water partition coefficient (Wildman–Crippen LogP) is 3.84. The van der Waals surface area contributed by atoms with Crippen molar-refractivity contribution < 1.29 is 9.47 Å². The molecule has 116 valence electrons. The summed E-state index contributed by atoms with van der Waals surface area (Å²) in [6, 6.07) is 8.83. The topological polar surface area (TPSA) is 30.5 Å². The molecule has 3 heteroatoms. The summed E-state index contributed by atoms with van der Waals surface area (Å²) >= 11 is 0. The normalized spacial score (nSPS) is 22.8. The highest BCUT2D eigenvalue weighted by Crippen LogP contribution is 2.41. The molecule has 1 aromatic rings. The van der Waals surface area contributed by atoms with E-state index in [4.69, 9.17) is 9.47 Å². The lowest BCUT2D eigenvalue weighted by Crippen LogP contribution is -2.45. The van der Waals surface area contributed by atoms with Crippen molar-refractivity contribution in [2.45, 2.75) is 62.7 Å². The van der Waals surface area contributed by atoms with E-state index in [1.54, 1.807) is 0 Å². The fourth-order valence-corrected chi connectivity index (χ4v) is 3.61. The number of hydrogen-bond acceptors (Lipinski definition) is 3. The van der Waals surface area contributed by atoms with Crippen LogP contribution in [-0.4, -0.2) is 25.9 Å². The van der Waals surface area contributed by atoms with E-state index in [0.29, 0.717) is 6.10 Å². The molecule has 0 aromatic heterocycles. The molecule has 2 aliphatic rings. The molecule has 0 bridgehead atoms. The van der Waals surface area contributed by atoms with Gasteiger partial charge in [0, 0.05) is 7.11 Å². The van der Waals surface area contributed by atoms with E-state index in [0.717, 1.165) is 18.6 Å². The third-order valence-electron chi connectivity index (χ3n) is 4.96. The minimum Gasteiger partial charge on any atom is -0.490 e. The summed E-state index contributed by atoms with van der Waals surface area (Å²) in [6.45, 7) is 0. The van der Waals surface area contributed by atoms with Crippen LogP contribution in [0.3, 0.4) is 0 Å². The average molecular weight is 289 g/mol. The van der Waals surface area contributed by atoms with Gasteiger partial charge in [0.1, 0.15) is 5.75 Å². The molecule has 0 spiro atoms. The largest absolute Gasteiger partial charge is 0.490 e. The first-order chi connectivity index (χ1) is 10.3. The maximum atomic E-state index is 6.00. The van der Waals surface area contributed by atoms with Crippen LogP contribution in [-0.2, 0) is 4.74 Å². The standard InChI is InChI=1S/C18H27NO2/c1-19-17(18(20-2)12-4-3-5-13-18)14-6-8-15(9-7-14)21-16-10-11-16/h6-9,16-17,19H,3-5,10-13H2,1-2H3. The van der Waals surface area contributed by atoms with Gasteiger partial charge in [-0.15, -0.1) is 0 Å². The number of benzene rings is 1. The molecule has 1 aromatic carbocycles. The Balaban J connectivity index is 1.77. The van der Waals surface area contributed by atoms with Crippen LogP contribution in [0, 0.1) is 0 Å². The van der Waals surface area contributed by atoms with Crippen LogP contribution in [0.15, 0.2) is 24.3 Å². The molecule has 0 aliphatic heterocycles. The van der Waals surface area contributed by atoms with Crippen molar-refractivity contribution >= 4 is 0 Å². The van der Waals surface area contributed by atoms with E-state index in [1.165, 1.54) is 37.7 Å². The fourth-order valence-electron chi connectivity index (χ4n) is 3.61. The molecular weight excluding hydrogens is 262 g/mol. The van der Waals surface area contributed by atoms with Crippen LogP contribution in [0.2, 0.25) is 0 Å². The van der Waals surface area contributed by atoms with E-state index in [9.17, 15) is 0 Å². The van der Waals surface area contributed by atoms with Gasteiger partial charge in [-0.2, -0.15) is 0 Å². The molecule has 0 amide bonds. The summed E-state index contributed by atoms with van der Waals surface area (Å²) in [5.74, 6) is 0.992. The van der Waals surface area contributed by atoms with Crippen molar-refractivity contribution in [2.75, 3.05) is 14.2 Å². The van der Waals surface area contributed by atoms with E-state index in [1.807, 2.05) is 14.2 Å². The smallest absolute Gasteiger partial charge is 0.119 e. The van der Waals surface area contributed by atoms with Crippen LogP contribution in [0.1, 0.15) is 56.6 Å². The molecule has 3 nitrogen and oxygen atoms in total. The average Bonchev–Trinajstić information content (AvgIpc) is 3.34. The van der Waals surface area contributed by atoms with Crippen molar-refractivity contribution in [1.29, 1.82) is 0 Å². The highest BCUT2D eigenvalue weighted by Gasteiger charge is 2.40. The van der Waals surface area contributed by atoms with E-state index in [-0.39, 0.29) is 11.6 Å². The Morgan fingerprint density at radius 3 is 2.29 bits per heavy atom. The van der Waals surface area contributed by atoms with Crippen molar-refractivity contribution in [1.82, 2.24) is 5.32 Å². The minimum absolute atomic E-state index is 0.0636. The number of methoxy groups -OCH3 is 1. The number of ether oxygens (including phenoxy) is 2. The Morgan fingerprint density at radius 1 is 1.10 bits per heavy atom. The Kier molecular flexibility index (Phi) is 4.51. The number of hydrogen-bond donors (Lipinski definition) is 1. The predicted molar refractivity (Wildman–Crippen MR) is 84.7 cm³/mol. The SMILES string of the molecule is CNC(c1ccc(OC2CC2)cc1)C1(OC)CCCCC1. The third kappa shape index (κ3) is 3.24. The lowest BCUT2D eigenvalue weighted by Gasteiger charge is -2.42. The molecule has 1 unspecified atom stereocenters. The first kappa shape index (κ1) is 14.9. The minimum atomic E-state index is -0.0636. The van der Waals surface area contributed by atoms with E-state index < -0.39 is 0 Å². The molecule has 2 saturated carbocycles. The van der Waals surface area contributed by atoms with Gasteiger partial charge in [0.05, 0.1) is 17.7 Å². The van der Waals surface area contributed by atoms with Gasteiger partial charge < -0.3 is 14.8 Å². The van der Waals surface area contributed by atoms with Crippen molar-refractivity contribution in [3.63, 3.8) is 0 Å². The number of nitrogens with one attached hydrogen (secondary N) is 1.